The summed E-state index contributed by atoms with van der Waals surface area (Å²) in [5.41, 5.74) is 0. The maximum absolute atomic E-state index is 13.1. The molecule has 0 aliphatic heterocycles. The summed E-state index contributed by atoms with van der Waals surface area (Å²) in [6.45, 7) is 9.56. The highest BCUT2D eigenvalue weighted by atomic mass is 31.2. The number of carbonyl (C=O) groups excluding carboxylic acids is 4. The van der Waals surface area contributed by atoms with Gasteiger partial charge in [0.2, 0.25) is 0 Å². The zero-order valence-electron chi connectivity index (χ0n) is 61.3. The SMILES string of the molecule is CCCCCCCCCCCCCCCCCCCCC(=O)O[C@H](COC(=O)CCCCCCCCCCCCCC(C)C)COP(=O)(O)OC[C@@H](O)COP(=O)(O)OC[C@@H](COC(=O)CCCCCCCCCCCC)OC(=O)CCCCCCCCCCCC(C)C. The molecule has 0 aromatic carbocycles. The molecule has 0 saturated carbocycles. The maximum atomic E-state index is 13.1. The Morgan fingerprint density at radius 2 is 0.489 bits per heavy atom. The topological polar surface area (TPSA) is 237 Å². The van der Waals surface area contributed by atoms with Gasteiger partial charge in [0.05, 0.1) is 26.4 Å². The molecule has 5 atom stereocenters. The third kappa shape index (κ3) is 68.6. The number of hydrogen-bond acceptors (Lipinski definition) is 15. The van der Waals surface area contributed by atoms with Crippen molar-refractivity contribution in [1.29, 1.82) is 0 Å². The van der Waals surface area contributed by atoms with Gasteiger partial charge in [0.1, 0.15) is 19.3 Å². The molecule has 0 amide bonds. The van der Waals surface area contributed by atoms with E-state index in [1.807, 2.05) is 0 Å². The molecule has 0 aromatic rings. The van der Waals surface area contributed by atoms with Crippen molar-refractivity contribution in [2.24, 2.45) is 11.8 Å². The van der Waals surface area contributed by atoms with Gasteiger partial charge in [-0.2, -0.15) is 0 Å². The number of aliphatic hydroxyl groups is 1. The smallest absolute Gasteiger partial charge is 0.462 e. The summed E-state index contributed by atoms with van der Waals surface area (Å²) in [5, 5.41) is 10.6. The van der Waals surface area contributed by atoms with E-state index in [4.69, 9.17) is 37.0 Å². The standard InChI is InChI=1S/C75H146O17P2/c1-7-9-11-13-15-17-19-20-21-22-23-24-25-28-35-41-47-53-59-74(79)91-70(64-86-73(78)58-52-46-40-34-29-26-27-31-37-43-49-55-67(3)4)65-89-93(81,82)87-61-69(76)62-88-94(83,84)90-66-71(63-85-72(77)57-51-45-39-33-18-16-14-12-10-8-2)92-75(80)60-54-48-42-36-30-32-38-44-50-56-68(5)6/h67-71,76H,7-66H2,1-6H3,(H,81,82)(H,83,84)/t69-,70-,71-/m1/s1. The fourth-order valence-corrected chi connectivity index (χ4v) is 13.1. The van der Waals surface area contributed by atoms with E-state index in [1.54, 1.807) is 0 Å². The fourth-order valence-electron chi connectivity index (χ4n) is 11.5. The van der Waals surface area contributed by atoms with Crippen LogP contribution in [0.4, 0.5) is 0 Å². The van der Waals surface area contributed by atoms with Crippen molar-refractivity contribution in [2.75, 3.05) is 39.6 Å². The lowest BCUT2D eigenvalue weighted by Gasteiger charge is -2.21. The number of rotatable bonds is 74. The van der Waals surface area contributed by atoms with Crippen molar-refractivity contribution >= 4 is 39.5 Å². The predicted molar refractivity (Wildman–Crippen MR) is 381 cm³/mol. The van der Waals surface area contributed by atoms with Gasteiger partial charge in [0.25, 0.3) is 0 Å². The quantitative estimate of drug-likeness (QED) is 0.0222. The van der Waals surface area contributed by atoms with E-state index in [0.29, 0.717) is 25.7 Å². The summed E-state index contributed by atoms with van der Waals surface area (Å²) in [4.78, 5) is 72.7. The Hall–Kier alpha value is -1.94. The first-order valence-corrected chi connectivity index (χ1v) is 42.0. The van der Waals surface area contributed by atoms with Crippen LogP contribution in [-0.2, 0) is 65.4 Å². The molecule has 0 heterocycles. The number of phosphoric acid groups is 2. The zero-order chi connectivity index (χ0) is 69.3. The van der Waals surface area contributed by atoms with Gasteiger partial charge in [-0.05, 0) is 37.5 Å². The van der Waals surface area contributed by atoms with Gasteiger partial charge in [0, 0.05) is 25.7 Å². The van der Waals surface area contributed by atoms with Crippen LogP contribution in [0.2, 0.25) is 0 Å². The van der Waals surface area contributed by atoms with Crippen LogP contribution in [0.5, 0.6) is 0 Å². The average Bonchev–Trinajstić information content (AvgIpc) is 2.08. The highest BCUT2D eigenvalue weighted by Crippen LogP contribution is 2.45. The molecule has 0 aromatic heterocycles. The Morgan fingerprint density at radius 3 is 0.723 bits per heavy atom. The van der Waals surface area contributed by atoms with E-state index in [-0.39, 0.29) is 25.7 Å². The minimum atomic E-state index is -4.96. The monoisotopic (exact) mass is 1380 g/mol. The van der Waals surface area contributed by atoms with Crippen molar-refractivity contribution in [3.63, 3.8) is 0 Å². The summed E-state index contributed by atoms with van der Waals surface area (Å²) in [7, 11) is -9.91. The molecule has 0 bridgehead atoms. The maximum Gasteiger partial charge on any atom is 0.472 e. The van der Waals surface area contributed by atoms with Crippen molar-refractivity contribution in [1.82, 2.24) is 0 Å². The van der Waals surface area contributed by atoms with Gasteiger partial charge in [-0.15, -0.1) is 0 Å². The Labute approximate surface area is 575 Å². The molecule has 0 radical (unpaired) electrons. The van der Waals surface area contributed by atoms with Crippen LogP contribution in [0, 0.1) is 11.8 Å². The van der Waals surface area contributed by atoms with E-state index < -0.39 is 97.5 Å². The Balaban J connectivity index is 5.24. The van der Waals surface area contributed by atoms with E-state index in [9.17, 15) is 43.2 Å². The van der Waals surface area contributed by atoms with Crippen LogP contribution < -0.4 is 0 Å². The van der Waals surface area contributed by atoms with E-state index >= 15 is 0 Å². The third-order valence-electron chi connectivity index (χ3n) is 17.5. The Morgan fingerprint density at radius 1 is 0.287 bits per heavy atom. The molecular formula is C75H146O17P2. The highest BCUT2D eigenvalue weighted by molar-refractivity contribution is 7.47. The lowest BCUT2D eigenvalue weighted by atomic mass is 10.0. The molecule has 558 valence electrons. The highest BCUT2D eigenvalue weighted by Gasteiger charge is 2.30. The molecular weight excluding hydrogens is 1230 g/mol. The zero-order valence-corrected chi connectivity index (χ0v) is 63.1. The molecule has 0 spiro atoms. The number of carbonyl (C=O) groups is 4. The molecule has 3 N–H and O–H groups in total. The normalized spacial score (nSPS) is 14.0. The first kappa shape index (κ1) is 92.1. The summed E-state index contributed by atoms with van der Waals surface area (Å²) < 4.78 is 68.5. The van der Waals surface area contributed by atoms with Crippen molar-refractivity contribution in [3.05, 3.63) is 0 Å². The Kier molecular flexibility index (Phi) is 65.5. The van der Waals surface area contributed by atoms with Crippen molar-refractivity contribution < 1.29 is 80.2 Å². The molecule has 0 rings (SSSR count). The molecule has 94 heavy (non-hydrogen) atoms. The average molecular weight is 1380 g/mol. The van der Waals surface area contributed by atoms with Crippen LogP contribution in [0.25, 0.3) is 0 Å². The van der Waals surface area contributed by atoms with Gasteiger partial charge in [0.15, 0.2) is 12.2 Å². The van der Waals surface area contributed by atoms with Crippen LogP contribution in [-0.4, -0.2) is 96.7 Å². The molecule has 19 heteroatoms. The van der Waals surface area contributed by atoms with Gasteiger partial charge in [-0.25, -0.2) is 9.13 Å². The molecule has 0 aliphatic carbocycles. The molecule has 0 saturated heterocycles. The first-order chi connectivity index (χ1) is 45.4. The number of hydrogen-bond donors (Lipinski definition) is 3. The number of phosphoric ester groups is 2. The van der Waals surface area contributed by atoms with Crippen LogP contribution >= 0.6 is 15.6 Å². The molecule has 0 aliphatic rings. The summed E-state index contributed by atoms with van der Waals surface area (Å²) in [6, 6.07) is 0. The molecule has 0 fully saturated rings. The second-order valence-electron chi connectivity index (χ2n) is 28.0. The lowest BCUT2D eigenvalue weighted by Crippen LogP contribution is -2.30. The third-order valence-corrected chi connectivity index (χ3v) is 19.4. The second kappa shape index (κ2) is 66.9. The van der Waals surface area contributed by atoms with Gasteiger partial charge in [-0.1, -0.05) is 337 Å². The number of esters is 4. The summed E-state index contributed by atoms with van der Waals surface area (Å²) in [6.07, 6.45) is 54.1. The lowest BCUT2D eigenvalue weighted by molar-refractivity contribution is -0.161. The number of unbranched alkanes of at least 4 members (excludes halogenated alkanes) is 44. The van der Waals surface area contributed by atoms with Gasteiger partial charge < -0.3 is 33.8 Å². The summed E-state index contributed by atoms with van der Waals surface area (Å²) >= 11 is 0. The van der Waals surface area contributed by atoms with Crippen LogP contribution in [0.15, 0.2) is 0 Å². The minimum Gasteiger partial charge on any atom is -0.462 e. The minimum absolute atomic E-state index is 0.106. The van der Waals surface area contributed by atoms with Crippen molar-refractivity contribution in [3.8, 4) is 0 Å². The second-order valence-corrected chi connectivity index (χ2v) is 30.9. The van der Waals surface area contributed by atoms with Gasteiger partial charge >= 0.3 is 39.5 Å². The van der Waals surface area contributed by atoms with Crippen LogP contribution in [0.1, 0.15) is 388 Å². The Bertz CT molecular complexity index is 1820. The van der Waals surface area contributed by atoms with E-state index in [1.165, 1.54) is 205 Å². The van der Waals surface area contributed by atoms with E-state index in [2.05, 4.69) is 41.5 Å². The van der Waals surface area contributed by atoms with Crippen LogP contribution in [0.3, 0.4) is 0 Å². The number of aliphatic hydroxyl groups excluding tert-OH is 1. The molecule has 17 nitrogen and oxygen atoms in total. The number of ether oxygens (including phenoxy) is 4. The largest absolute Gasteiger partial charge is 0.472 e. The van der Waals surface area contributed by atoms with Crippen molar-refractivity contribution in [2.45, 2.75) is 407 Å². The van der Waals surface area contributed by atoms with E-state index in [0.717, 1.165) is 102 Å². The summed E-state index contributed by atoms with van der Waals surface area (Å²) in [5.74, 6) is -0.609. The van der Waals surface area contributed by atoms with Gasteiger partial charge in [-0.3, -0.25) is 37.3 Å². The molecule has 2 unspecified atom stereocenters. The fraction of sp³-hybridized carbons (Fsp3) is 0.947. The first-order valence-electron chi connectivity index (χ1n) is 39.0. The predicted octanol–water partition coefficient (Wildman–Crippen LogP) is 21.9.